The number of ether oxygens (including phenoxy) is 1. The maximum Gasteiger partial charge on any atom is 0.353 e. The Hall–Kier alpha value is -3.92. The van der Waals surface area contributed by atoms with E-state index in [2.05, 4.69) is 32.3 Å². The fourth-order valence-corrected chi connectivity index (χ4v) is 3.70. The number of nitrogens with two attached hydrogens (primary N) is 1. The first-order valence-electron chi connectivity index (χ1n) is 10.3. The molecule has 10 nitrogen and oxygen atoms in total. The highest BCUT2D eigenvalue weighted by molar-refractivity contribution is 5.72. The monoisotopic (exact) mass is 435 g/mol. The lowest BCUT2D eigenvalue weighted by Crippen LogP contribution is -2.46. The predicted molar refractivity (Wildman–Crippen MR) is 123 cm³/mol. The Kier molecular flexibility index (Phi) is 6.31. The first-order valence-corrected chi connectivity index (χ1v) is 10.3. The molecule has 2 heterocycles. The Balaban J connectivity index is 1.53. The van der Waals surface area contributed by atoms with Crippen molar-refractivity contribution in [2.45, 2.75) is 6.54 Å². The fourth-order valence-electron chi connectivity index (χ4n) is 3.70. The van der Waals surface area contributed by atoms with Gasteiger partial charge in [-0.2, -0.15) is 9.97 Å². The third kappa shape index (κ3) is 4.86. The van der Waals surface area contributed by atoms with Crippen molar-refractivity contribution in [1.29, 1.82) is 0 Å². The number of hydrogen-bond acceptors (Lipinski definition) is 9. The average molecular weight is 435 g/mol. The van der Waals surface area contributed by atoms with Gasteiger partial charge in [-0.15, -0.1) is 0 Å². The van der Waals surface area contributed by atoms with E-state index in [1.165, 1.54) is 5.56 Å². The lowest BCUT2D eigenvalue weighted by molar-refractivity contribution is -0.383. The summed E-state index contributed by atoms with van der Waals surface area (Å²) in [5.74, 6) is 0.923. The summed E-state index contributed by atoms with van der Waals surface area (Å²) in [5.41, 5.74) is 7.64. The van der Waals surface area contributed by atoms with Crippen LogP contribution in [0.3, 0.4) is 0 Å². The van der Waals surface area contributed by atoms with Gasteiger partial charge in [-0.25, -0.2) is 0 Å². The number of methoxy groups -OCH3 is 1. The third-order valence-electron chi connectivity index (χ3n) is 5.32. The van der Waals surface area contributed by atoms with Gasteiger partial charge >= 0.3 is 5.69 Å². The molecule has 10 heteroatoms. The molecule has 3 N–H and O–H groups in total. The topological polar surface area (TPSA) is 123 Å². The molecule has 1 aliphatic heterocycles. The van der Waals surface area contributed by atoms with E-state index >= 15 is 0 Å². The summed E-state index contributed by atoms with van der Waals surface area (Å²) >= 11 is 0. The Morgan fingerprint density at radius 1 is 1.09 bits per heavy atom. The van der Waals surface area contributed by atoms with Crippen LogP contribution in [0.15, 0.2) is 54.6 Å². The van der Waals surface area contributed by atoms with E-state index < -0.39 is 4.92 Å². The van der Waals surface area contributed by atoms with Crippen molar-refractivity contribution in [3.8, 4) is 5.75 Å². The second kappa shape index (κ2) is 9.48. The van der Waals surface area contributed by atoms with Gasteiger partial charge in [0.2, 0.25) is 17.6 Å². The number of hydrogen-bond donors (Lipinski definition) is 2. The van der Waals surface area contributed by atoms with E-state index in [9.17, 15) is 10.1 Å². The Labute approximate surface area is 185 Å². The molecular formula is C22H25N7O3. The molecule has 32 heavy (non-hydrogen) atoms. The van der Waals surface area contributed by atoms with Crippen molar-refractivity contribution in [3.63, 3.8) is 0 Å². The van der Waals surface area contributed by atoms with Gasteiger partial charge in [0.15, 0.2) is 0 Å². The van der Waals surface area contributed by atoms with Gasteiger partial charge in [-0.1, -0.05) is 36.4 Å². The zero-order valence-electron chi connectivity index (χ0n) is 17.8. The Morgan fingerprint density at radius 2 is 1.84 bits per heavy atom. The van der Waals surface area contributed by atoms with Crippen LogP contribution in [-0.4, -0.2) is 53.1 Å². The van der Waals surface area contributed by atoms with Gasteiger partial charge in [0, 0.05) is 44.5 Å². The van der Waals surface area contributed by atoms with Gasteiger partial charge in [0.1, 0.15) is 5.75 Å². The average Bonchev–Trinajstić information content (AvgIpc) is 2.80. The molecule has 166 valence electrons. The van der Waals surface area contributed by atoms with Crippen LogP contribution in [0.2, 0.25) is 0 Å². The molecule has 1 saturated heterocycles. The molecule has 2 aromatic carbocycles. The number of aromatic nitrogens is 2. The van der Waals surface area contributed by atoms with Crippen molar-refractivity contribution in [3.05, 3.63) is 70.3 Å². The van der Waals surface area contributed by atoms with Crippen molar-refractivity contribution in [1.82, 2.24) is 14.9 Å². The lowest BCUT2D eigenvalue weighted by atomic mass is 10.2. The molecule has 1 aliphatic rings. The van der Waals surface area contributed by atoms with Crippen LogP contribution in [0.5, 0.6) is 5.75 Å². The summed E-state index contributed by atoms with van der Waals surface area (Å²) in [6, 6.07) is 17.5. The minimum atomic E-state index is -0.518. The van der Waals surface area contributed by atoms with Crippen LogP contribution < -0.4 is 20.7 Å². The summed E-state index contributed by atoms with van der Waals surface area (Å²) in [7, 11) is 1.58. The van der Waals surface area contributed by atoms with Crippen LogP contribution in [-0.2, 0) is 6.54 Å². The highest BCUT2D eigenvalue weighted by Gasteiger charge is 2.29. The normalized spacial score (nSPS) is 14.2. The molecule has 1 aromatic heterocycles. The largest absolute Gasteiger partial charge is 0.497 e. The minimum absolute atomic E-state index is 0.169. The number of nitro groups is 1. The Morgan fingerprint density at radius 3 is 2.53 bits per heavy atom. The summed E-state index contributed by atoms with van der Waals surface area (Å²) in [6.45, 7) is 3.56. The molecule has 0 unspecified atom stereocenters. The van der Waals surface area contributed by atoms with Crippen LogP contribution in [0.1, 0.15) is 5.56 Å². The van der Waals surface area contributed by atoms with Gasteiger partial charge in [-0.3, -0.25) is 15.0 Å². The number of benzene rings is 2. The maximum absolute atomic E-state index is 11.7. The van der Waals surface area contributed by atoms with Gasteiger partial charge in [-0.05, 0) is 17.7 Å². The number of piperazine rings is 1. The molecule has 0 spiro atoms. The fraction of sp³-hybridized carbons (Fsp3) is 0.273. The predicted octanol–water partition coefficient (Wildman–Crippen LogP) is 3.04. The van der Waals surface area contributed by atoms with Crippen molar-refractivity contribution in [2.24, 2.45) is 0 Å². The molecular weight excluding hydrogens is 410 g/mol. The first kappa shape index (κ1) is 21.3. The molecule has 0 amide bonds. The van der Waals surface area contributed by atoms with Crippen molar-refractivity contribution >= 4 is 29.0 Å². The molecule has 0 aliphatic carbocycles. The second-order valence-electron chi connectivity index (χ2n) is 7.47. The number of rotatable bonds is 7. The van der Waals surface area contributed by atoms with Crippen molar-refractivity contribution < 1.29 is 9.66 Å². The standard InChI is InChI=1S/C22H25N7O3/c1-32-18-9-5-8-17(14-18)24-22-25-20(23)19(29(30)31)21(26-22)28-12-10-27(11-13-28)15-16-6-3-2-4-7-16/h2-9,14H,10-13,15H2,1H3,(H3,23,24,25,26). The van der Waals surface area contributed by atoms with Gasteiger partial charge in [0.05, 0.1) is 12.0 Å². The highest BCUT2D eigenvalue weighted by Crippen LogP contribution is 2.33. The van der Waals surface area contributed by atoms with E-state index in [1.54, 1.807) is 13.2 Å². The quantitative estimate of drug-likeness (QED) is 0.426. The van der Waals surface area contributed by atoms with Crippen LogP contribution in [0, 0.1) is 10.1 Å². The number of nitrogens with one attached hydrogen (secondary N) is 1. The SMILES string of the molecule is COc1cccc(Nc2nc(N)c([N+](=O)[O-])c(N3CCN(Cc4ccccc4)CC3)n2)c1. The molecule has 4 rings (SSSR count). The summed E-state index contributed by atoms with van der Waals surface area (Å²) < 4.78 is 5.23. The lowest BCUT2D eigenvalue weighted by Gasteiger charge is -2.35. The molecule has 0 atom stereocenters. The van der Waals surface area contributed by atoms with Crippen LogP contribution in [0.25, 0.3) is 0 Å². The van der Waals surface area contributed by atoms with Gasteiger partial charge in [0.25, 0.3) is 0 Å². The molecule has 3 aromatic rings. The summed E-state index contributed by atoms with van der Waals surface area (Å²) in [6.07, 6.45) is 0. The second-order valence-corrected chi connectivity index (χ2v) is 7.47. The summed E-state index contributed by atoms with van der Waals surface area (Å²) in [5, 5.41) is 14.8. The molecule has 0 bridgehead atoms. The molecule has 0 saturated carbocycles. The van der Waals surface area contributed by atoms with Crippen LogP contribution >= 0.6 is 0 Å². The van der Waals surface area contributed by atoms with E-state index in [0.29, 0.717) is 24.5 Å². The van der Waals surface area contributed by atoms with Crippen LogP contribution in [0.4, 0.5) is 29.0 Å². The number of nitrogen functional groups attached to an aromatic ring is 1. The smallest absolute Gasteiger partial charge is 0.353 e. The summed E-state index contributed by atoms with van der Waals surface area (Å²) in [4.78, 5) is 24.0. The molecule has 0 radical (unpaired) electrons. The molecule has 1 fully saturated rings. The van der Waals surface area contributed by atoms with E-state index in [0.717, 1.165) is 19.6 Å². The zero-order chi connectivity index (χ0) is 22.5. The van der Waals surface area contributed by atoms with E-state index in [-0.39, 0.29) is 23.3 Å². The Bertz CT molecular complexity index is 1090. The number of anilines is 4. The first-order chi connectivity index (χ1) is 15.5. The van der Waals surface area contributed by atoms with Crippen molar-refractivity contribution in [2.75, 3.05) is 49.2 Å². The third-order valence-corrected chi connectivity index (χ3v) is 5.32. The highest BCUT2D eigenvalue weighted by atomic mass is 16.6. The minimum Gasteiger partial charge on any atom is -0.497 e. The zero-order valence-corrected chi connectivity index (χ0v) is 17.8. The number of nitrogens with zero attached hydrogens (tertiary/aromatic N) is 5. The van der Waals surface area contributed by atoms with E-state index in [4.69, 9.17) is 10.5 Å². The maximum atomic E-state index is 11.7. The van der Waals surface area contributed by atoms with E-state index in [1.807, 2.05) is 41.3 Å². The van der Waals surface area contributed by atoms with Gasteiger partial charge < -0.3 is 20.7 Å².